The Hall–Kier alpha value is -3.16. The molecule has 8 heteroatoms. The lowest BCUT2D eigenvalue weighted by atomic mass is 9.97. The van der Waals surface area contributed by atoms with Crippen LogP contribution in [0.5, 0.6) is 0 Å². The van der Waals surface area contributed by atoms with Gasteiger partial charge >= 0.3 is 0 Å². The van der Waals surface area contributed by atoms with E-state index in [4.69, 9.17) is 9.97 Å². The number of aryl methyl sites for hydroxylation is 3. The molecule has 0 spiro atoms. The first-order valence-electron chi connectivity index (χ1n) is 9.53. The standard InChI is InChI=1S/C20H24N8/c1-13-9-14(2)25-20(24-13)27-17-10-15(3)23-19(26-17)16-5-4-8-28(11-16)18-6-7-21-12-22-18/h6-7,9-10,12,16H,4-5,8,11H2,1-3H3,(H,23,24,25,26,27). The molecule has 1 fully saturated rings. The van der Waals surface area contributed by atoms with Crippen LogP contribution >= 0.6 is 0 Å². The van der Waals surface area contributed by atoms with E-state index in [0.717, 1.165) is 60.5 Å². The predicted molar refractivity (Wildman–Crippen MR) is 108 cm³/mol. The van der Waals surface area contributed by atoms with E-state index < -0.39 is 0 Å². The summed E-state index contributed by atoms with van der Waals surface area (Å²) in [5.41, 5.74) is 2.78. The minimum atomic E-state index is 0.254. The van der Waals surface area contributed by atoms with Crippen molar-refractivity contribution in [2.75, 3.05) is 23.3 Å². The van der Waals surface area contributed by atoms with E-state index in [1.54, 1.807) is 12.5 Å². The van der Waals surface area contributed by atoms with Gasteiger partial charge in [0.25, 0.3) is 0 Å². The van der Waals surface area contributed by atoms with Crippen molar-refractivity contribution in [2.45, 2.75) is 39.5 Å². The molecule has 144 valence electrons. The third-order valence-electron chi connectivity index (χ3n) is 4.77. The van der Waals surface area contributed by atoms with Crippen LogP contribution in [0.25, 0.3) is 0 Å². The van der Waals surface area contributed by atoms with Crippen LogP contribution in [0.1, 0.15) is 41.7 Å². The number of hydrogen-bond acceptors (Lipinski definition) is 8. The number of anilines is 3. The third kappa shape index (κ3) is 4.21. The van der Waals surface area contributed by atoms with Crippen LogP contribution in [0.2, 0.25) is 0 Å². The molecule has 1 N–H and O–H groups in total. The Labute approximate surface area is 164 Å². The summed E-state index contributed by atoms with van der Waals surface area (Å²) >= 11 is 0. The summed E-state index contributed by atoms with van der Waals surface area (Å²) in [6, 6.07) is 5.82. The molecular weight excluding hydrogens is 352 g/mol. The number of piperidine rings is 1. The van der Waals surface area contributed by atoms with Crippen molar-refractivity contribution in [3.8, 4) is 0 Å². The summed E-state index contributed by atoms with van der Waals surface area (Å²) in [4.78, 5) is 29.1. The molecule has 0 amide bonds. The normalized spacial score (nSPS) is 16.8. The number of aromatic nitrogens is 6. The molecule has 0 aromatic carbocycles. The van der Waals surface area contributed by atoms with E-state index in [9.17, 15) is 0 Å². The number of nitrogens with zero attached hydrogens (tertiary/aromatic N) is 7. The molecule has 1 aliphatic heterocycles. The fraction of sp³-hybridized carbons (Fsp3) is 0.400. The fourth-order valence-corrected chi connectivity index (χ4v) is 3.60. The molecule has 28 heavy (non-hydrogen) atoms. The minimum absolute atomic E-state index is 0.254. The summed E-state index contributed by atoms with van der Waals surface area (Å²) in [5.74, 6) is 3.35. The molecule has 0 saturated carbocycles. The highest BCUT2D eigenvalue weighted by atomic mass is 15.2. The molecular formula is C20H24N8. The van der Waals surface area contributed by atoms with Crippen molar-refractivity contribution in [2.24, 2.45) is 0 Å². The fourth-order valence-electron chi connectivity index (χ4n) is 3.60. The molecule has 1 atom stereocenters. The van der Waals surface area contributed by atoms with E-state index >= 15 is 0 Å². The van der Waals surface area contributed by atoms with Crippen LogP contribution in [0.15, 0.2) is 30.7 Å². The van der Waals surface area contributed by atoms with Gasteiger partial charge in [0.15, 0.2) is 0 Å². The van der Waals surface area contributed by atoms with Crippen molar-refractivity contribution in [1.29, 1.82) is 0 Å². The van der Waals surface area contributed by atoms with Gasteiger partial charge in [0, 0.05) is 48.4 Å². The summed E-state index contributed by atoms with van der Waals surface area (Å²) < 4.78 is 0. The van der Waals surface area contributed by atoms with Crippen LogP contribution < -0.4 is 10.2 Å². The first-order chi connectivity index (χ1) is 13.6. The highest BCUT2D eigenvalue weighted by molar-refractivity contribution is 5.49. The number of rotatable bonds is 4. The maximum atomic E-state index is 4.78. The summed E-state index contributed by atoms with van der Waals surface area (Å²) in [6.07, 6.45) is 5.51. The lowest BCUT2D eigenvalue weighted by Gasteiger charge is -2.32. The Balaban J connectivity index is 1.56. The zero-order chi connectivity index (χ0) is 19.5. The van der Waals surface area contributed by atoms with Gasteiger partial charge in [-0.15, -0.1) is 0 Å². The smallest absolute Gasteiger partial charge is 0.228 e. The Morgan fingerprint density at radius 3 is 2.54 bits per heavy atom. The van der Waals surface area contributed by atoms with Gasteiger partial charge in [0.05, 0.1) is 0 Å². The topological polar surface area (TPSA) is 92.6 Å². The Bertz CT molecular complexity index is 939. The van der Waals surface area contributed by atoms with Crippen LogP contribution in [0.3, 0.4) is 0 Å². The summed E-state index contributed by atoms with van der Waals surface area (Å²) in [7, 11) is 0. The van der Waals surface area contributed by atoms with Gasteiger partial charge in [-0.25, -0.2) is 29.9 Å². The highest BCUT2D eigenvalue weighted by Gasteiger charge is 2.25. The van der Waals surface area contributed by atoms with Crippen LogP contribution in [0.4, 0.5) is 17.6 Å². The van der Waals surface area contributed by atoms with Gasteiger partial charge in [0.1, 0.15) is 23.8 Å². The molecule has 1 aliphatic rings. The molecule has 0 aliphatic carbocycles. The van der Waals surface area contributed by atoms with Crippen LogP contribution in [-0.2, 0) is 0 Å². The van der Waals surface area contributed by atoms with E-state index in [1.807, 2.05) is 39.0 Å². The van der Waals surface area contributed by atoms with Gasteiger partial charge < -0.3 is 10.2 Å². The highest BCUT2D eigenvalue weighted by Crippen LogP contribution is 2.28. The van der Waals surface area contributed by atoms with Crippen LogP contribution in [0, 0.1) is 20.8 Å². The maximum absolute atomic E-state index is 4.78. The second-order valence-electron chi connectivity index (χ2n) is 7.20. The molecule has 1 unspecified atom stereocenters. The van der Waals surface area contributed by atoms with Crippen LogP contribution in [-0.4, -0.2) is 43.0 Å². The van der Waals surface area contributed by atoms with Crippen molar-refractivity contribution in [1.82, 2.24) is 29.9 Å². The zero-order valence-corrected chi connectivity index (χ0v) is 16.4. The van der Waals surface area contributed by atoms with Gasteiger partial charge in [-0.1, -0.05) is 0 Å². The van der Waals surface area contributed by atoms with E-state index in [2.05, 4.69) is 30.2 Å². The molecule has 3 aromatic rings. The summed E-state index contributed by atoms with van der Waals surface area (Å²) in [5, 5.41) is 3.24. The molecule has 8 nitrogen and oxygen atoms in total. The third-order valence-corrected chi connectivity index (χ3v) is 4.77. The minimum Gasteiger partial charge on any atom is -0.356 e. The van der Waals surface area contributed by atoms with E-state index in [-0.39, 0.29) is 5.92 Å². The molecule has 4 heterocycles. The van der Waals surface area contributed by atoms with Crippen molar-refractivity contribution in [3.05, 3.63) is 53.6 Å². The second kappa shape index (κ2) is 7.84. The second-order valence-corrected chi connectivity index (χ2v) is 7.20. The van der Waals surface area contributed by atoms with Crippen molar-refractivity contribution < 1.29 is 0 Å². The lowest BCUT2D eigenvalue weighted by molar-refractivity contribution is 0.488. The largest absolute Gasteiger partial charge is 0.356 e. The van der Waals surface area contributed by atoms with Crippen molar-refractivity contribution in [3.63, 3.8) is 0 Å². The predicted octanol–water partition coefficient (Wildman–Crippen LogP) is 3.11. The number of nitrogens with one attached hydrogen (secondary N) is 1. The van der Waals surface area contributed by atoms with Crippen molar-refractivity contribution >= 4 is 17.6 Å². The average Bonchev–Trinajstić information content (AvgIpc) is 2.67. The molecule has 4 rings (SSSR count). The molecule has 3 aromatic heterocycles. The van der Waals surface area contributed by atoms with Gasteiger partial charge in [-0.3, -0.25) is 0 Å². The number of hydrogen-bond donors (Lipinski definition) is 1. The average molecular weight is 376 g/mol. The summed E-state index contributed by atoms with van der Waals surface area (Å²) in [6.45, 7) is 7.74. The Morgan fingerprint density at radius 2 is 1.79 bits per heavy atom. The first kappa shape index (κ1) is 18.2. The molecule has 0 bridgehead atoms. The Morgan fingerprint density at radius 1 is 1.00 bits per heavy atom. The van der Waals surface area contributed by atoms with Gasteiger partial charge in [0.2, 0.25) is 5.95 Å². The SMILES string of the molecule is Cc1cc(C)nc(Nc2cc(C)nc(C3CCCN(c4ccncn4)C3)n2)n1. The maximum Gasteiger partial charge on any atom is 0.228 e. The molecule has 1 saturated heterocycles. The van der Waals surface area contributed by atoms with Gasteiger partial charge in [-0.05, 0) is 45.7 Å². The zero-order valence-electron chi connectivity index (χ0n) is 16.4. The van der Waals surface area contributed by atoms with E-state index in [1.165, 1.54) is 0 Å². The lowest BCUT2D eigenvalue weighted by Crippen LogP contribution is -2.35. The first-order valence-corrected chi connectivity index (χ1v) is 9.53. The Kier molecular flexibility index (Phi) is 5.10. The molecule has 0 radical (unpaired) electrons. The van der Waals surface area contributed by atoms with E-state index in [0.29, 0.717) is 5.95 Å². The van der Waals surface area contributed by atoms with Gasteiger partial charge in [-0.2, -0.15) is 0 Å². The monoisotopic (exact) mass is 376 g/mol. The quantitative estimate of drug-likeness (QED) is 0.742.